The Hall–Kier alpha value is -1.75. The van der Waals surface area contributed by atoms with Crippen LogP contribution in [0, 0.1) is 13.8 Å². The summed E-state index contributed by atoms with van der Waals surface area (Å²) in [4.78, 5) is 22.4. The number of aryl methyl sites for hydroxylation is 2. The number of carbonyl (C=O) groups is 1. The van der Waals surface area contributed by atoms with Crippen LogP contribution in [0.3, 0.4) is 0 Å². The van der Waals surface area contributed by atoms with Crippen LogP contribution in [-0.2, 0) is 19.4 Å². The van der Waals surface area contributed by atoms with E-state index in [1.54, 1.807) is 29.2 Å². The molecule has 0 spiro atoms. The lowest BCUT2D eigenvalue weighted by atomic mass is 10.2. The summed E-state index contributed by atoms with van der Waals surface area (Å²) in [6, 6.07) is 10.5. The number of amides is 1. The Morgan fingerprint density at radius 1 is 1.17 bits per heavy atom. The maximum Gasteiger partial charge on any atom is 0.228 e. The number of sulfone groups is 1. The second kappa shape index (κ2) is 12.7. The van der Waals surface area contributed by atoms with Gasteiger partial charge in [0.05, 0.1) is 34.1 Å². The average molecular weight is 573 g/mol. The molecule has 1 aliphatic rings. The van der Waals surface area contributed by atoms with Crippen molar-refractivity contribution in [2.45, 2.75) is 31.6 Å². The zero-order valence-corrected chi connectivity index (χ0v) is 23.6. The van der Waals surface area contributed by atoms with Crippen molar-refractivity contribution in [2.75, 3.05) is 50.0 Å². The topological polar surface area (TPSA) is 79.8 Å². The number of hydrogen-bond acceptors (Lipinski definition) is 7. The standard InChI is InChI=1S/C25H30ClN3O4S2.ClH/c1-18-5-7-21(8-6-18)35(31,32)15-3-4-23(30)29(10-9-28-11-13-33-14-12-28)25-27-24-19(2)16-20(26)17-22(24)34-25;/h5-8,16-17H,3-4,9-15H2,1-2H3;1H. The number of rotatable bonds is 9. The van der Waals surface area contributed by atoms with Crippen LogP contribution >= 0.6 is 35.3 Å². The number of benzene rings is 2. The Morgan fingerprint density at radius 3 is 2.56 bits per heavy atom. The summed E-state index contributed by atoms with van der Waals surface area (Å²) in [5.74, 6) is -0.201. The van der Waals surface area contributed by atoms with E-state index in [4.69, 9.17) is 21.3 Å². The largest absolute Gasteiger partial charge is 0.379 e. The van der Waals surface area contributed by atoms with Gasteiger partial charge < -0.3 is 4.74 Å². The molecule has 1 fully saturated rings. The number of nitrogens with zero attached hydrogens (tertiary/aromatic N) is 3. The molecule has 0 bridgehead atoms. The maximum absolute atomic E-state index is 13.3. The number of ether oxygens (including phenoxy) is 1. The molecule has 36 heavy (non-hydrogen) atoms. The summed E-state index contributed by atoms with van der Waals surface area (Å²) in [5, 5.41) is 1.25. The van der Waals surface area contributed by atoms with Crippen LogP contribution in [0.15, 0.2) is 41.3 Å². The molecule has 1 saturated heterocycles. The third-order valence-electron chi connectivity index (χ3n) is 6.10. The molecule has 1 amide bonds. The molecular formula is C25H31Cl2N3O4S2. The van der Waals surface area contributed by atoms with Gasteiger partial charge in [-0.05, 0) is 50.1 Å². The predicted octanol–water partition coefficient (Wildman–Crippen LogP) is 4.91. The van der Waals surface area contributed by atoms with Crippen LogP contribution in [0.1, 0.15) is 24.0 Å². The van der Waals surface area contributed by atoms with Crippen molar-refractivity contribution >= 4 is 66.4 Å². The van der Waals surface area contributed by atoms with E-state index in [2.05, 4.69) is 4.90 Å². The number of fused-ring (bicyclic) bond motifs is 1. The highest BCUT2D eigenvalue weighted by Gasteiger charge is 2.23. The number of morpholine rings is 1. The van der Waals surface area contributed by atoms with Gasteiger partial charge in [0.25, 0.3) is 0 Å². The molecule has 0 atom stereocenters. The van der Waals surface area contributed by atoms with Crippen molar-refractivity contribution in [2.24, 2.45) is 0 Å². The number of anilines is 1. The first-order chi connectivity index (χ1) is 16.7. The molecule has 3 aromatic rings. The highest BCUT2D eigenvalue weighted by atomic mass is 35.5. The molecule has 7 nitrogen and oxygen atoms in total. The molecule has 0 saturated carbocycles. The molecule has 196 valence electrons. The van der Waals surface area contributed by atoms with Gasteiger partial charge in [0.2, 0.25) is 5.91 Å². The lowest BCUT2D eigenvalue weighted by Crippen LogP contribution is -2.43. The monoisotopic (exact) mass is 571 g/mol. The first-order valence-corrected chi connectivity index (χ1v) is 14.5. The number of carbonyl (C=O) groups excluding carboxylic acids is 1. The molecule has 0 radical (unpaired) electrons. The summed E-state index contributed by atoms with van der Waals surface area (Å²) in [7, 11) is -3.44. The third-order valence-corrected chi connectivity index (χ3v) is 9.16. The van der Waals surface area contributed by atoms with Crippen LogP contribution < -0.4 is 4.90 Å². The van der Waals surface area contributed by atoms with E-state index < -0.39 is 9.84 Å². The van der Waals surface area contributed by atoms with E-state index in [0.717, 1.165) is 34.4 Å². The van der Waals surface area contributed by atoms with E-state index in [0.29, 0.717) is 41.4 Å². The van der Waals surface area contributed by atoms with Gasteiger partial charge in [0.1, 0.15) is 0 Å². The highest BCUT2D eigenvalue weighted by molar-refractivity contribution is 7.91. The summed E-state index contributed by atoms with van der Waals surface area (Å²) >= 11 is 7.67. The van der Waals surface area contributed by atoms with Crippen LogP contribution in [-0.4, -0.2) is 69.4 Å². The molecule has 2 heterocycles. The van der Waals surface area contributed by atoms with Gasteiger partial charge in [-0.3, -0.25) is 14.6 Å². The molecular weight excluding hydrogens is 541 g/mol. The second-order valence-electron chi connectivity index (χ2n) is 8.80. The van der Waals surface area contributed by atoms with Gasteiger partial charge in [0.15, 0.2) is 15.0 Å². The smallest absolute Gasteiger partial charge is 0.228 e. The van der Waals surface area contributed by atoms with Crippen molar-refractivity contribution in [1.29, 1.82) is 0 Å². The van der Waals surface area contributed by atoms with Crippen molar-refractivity contribution < 1.29 is 17.9 Å². The highest BCUT2D eigenvalue weighted by Crippen LogP contribution is 2.33. The first kappa shape index (κ1) is 28.8. The summed E-state index contributed by atoms with van der Waals surface area (Å²) in [5.41, 5.74) is 2.79. The molecule has 4 rings (SSSR count). The van der Waals surface area contributed by atoms with Crippen molar-refractivity contribution in [1.82, 2.24) is 9.88 Å². The van der Waals surface area contributed by atoms with E-state index in [9.17, 15) is 13.2 Å². The Balaban J connectivity index is 0.00000361. The fourth-order valence-electron chi connectivity index (χ4n) is 4.06. The van der Waals surface area contributed by atoms with Gasteiger partial charge in [-0.2, -0.15) is 0 Å². The Labute approximate surface area is 227 Å². The lowest BCUT2D eigenvalue weighted by Gasteiger charge is -2.29. The number of aromatic nitrogens is 1. The van der Waals surface area contributed by atoms with Crippen LogP contribution in [0.2, 0.25) is 5.02 Å². The molecule has 0 unspecified atom stereocenters. The van der Waals surface area contributed by atoms with Gasteiger partial charge in [0, 0.05) is 37.6 Å². The fraction of sp³-hybridized carbons (Fsp3) is 0.440. The van der Waals surface area contributed by atoms with Crippen LogP contribution in [0.5, 0.6) is 0 Å². The van der Waals surface area contributed by atoms with Gasteiger partial charge in [-0.25, -0.2) is 13.4 Å². The van der Waals surface area contributed by atoms with E-state index >= 15 is 0 Å². The molecule has 1 aliphatic heterocycles. The second-order valence-corrected chi connectivity index (χ2v) is 12.4. The maximum atomic E-state index is 13.3. The minimum absolute atomic E-state index is 0. The van der Waals surface area contributed by atoms with Crippen molar-refractivity contribution in [3.05, 3.63) is 52.5 Å². The zero-order chi connectivity index (χ0) is 25.0. The predicted molar refractivity (Wildman–Crippen MR) is 149 cm³/mol. The zero-order valence-electron chi connectivity index (χ0n) is 20.4. The summed E-state index contributed by atoms with van der Waals surface area (Å²) < 4.78 is 31.8. The Morgan fingerprint density at radius 2 is 1.86 bits per heavy atom. The molecule has 0 aliphatic carbocycles. The van der Waals surface area contributed by atoms with E-state index in [1.807, 2.05) is 26.0 Å². The quantitative estimate of drug-likeness (QED) is 0.363. The van der Waals surface area contributed by atoms with Crippen molar-refractivity contribution in [3.8, 4) is 0 Å². The van der Waals surface area contributed by atoms with Gasteiger partial charge in [-0.1, -0.05) is 40.6 Å². The minimum Gasteiger partial charge on any atom is -0.379 e. The van der Waals surface area contributed by atoms with Gasteiger partial charge in [-0.15, -0.1) is 12.4 Å². The Bertz CT molecular complexity index is 1290. The first-order valence-electron chi connectivity index (χ1n) is 11.7. The van der Waals surface area contributed by atoms with E-state index in [1.165, 1.54) is 11.3 Å². The Kier molecular flexibility index (Phi) is 10.1. The minimum atomic E-state index is -3.44. The number of thiazole rings is 1. The summed E-state index contributed by atoms with van der Waals surface area (Å²) in [6.45, 7) is 8.07. The molecule has 1 aromatic heterocycles. The van der Waals surface area contributed by atoms with Crippen molar-refractivity contribution in [3.63, 3.8) is 0 Å². The van der Waals surface area contributed by atoms with E-state index in [-0.39, 0.29) is 36.9 Å². The van der Waals surface area contributed by atoms with Gasteiger partial charge >= 0.3 is 0 Å². The average Bonchev–Trinajstić information content (AvgIpc) is 3.24. The van der Waals surface area contributed by atoms with Crippen LogP contribution in [0.25, 0.3) is 10.2 Å². The molecule has 0 N–H and O–H groups in total. The normalized spacial score (nSPS) is 14.5. The number of halogens is 2. The van der Waals surface area contributed by atoms with Crippen LogP contribution in [0.4, 0.5) is 5.13 Å². The molecule has 11 heteroatoms. The SMILES string of the molecule is Cc1ccc(S(=O)(=O)CCCC(=O)N(CCN2CCOCC2)c2nc3c(C)cc(Cl)cc3s2)cc1.Cl. The third kappa shape index (κ3) is 7.18. The lowest BCUT2D eigenvalue weighted by molar-refractivity contribution is -0.118. The molecule has 2 aromatic carbocycles. The number of hydrogen-bond donors (Lipinski definition) is 0. The summed E-state index contributed by atoms with van der Waals surface area (Å²) in [6.07, 6.45) is 0.378. The fourth-order valence-corrected chi connectivity index (χ4v) is 6.84.